The number of ketones is 2. The standard InChI is InChI=1S/C13H20N2O3/c1-5-18-9(2)6-7-13(17)11-8-12(10(3)16)15(4)14-11/h8-9H,5-7H2,1-4H3. The van der Waals surface area contributed by atoms with Crippen molar-refractivity contribution in [2.75, 3.05) is 6.61 Å². The maximum atomic E-state index is 11.9. The summed E-state index contributed by atoms with van der Waals surface area (Å²) < 4.78 is 6.81. The van der Waals surface area contributed by atoms with Crippen LogP contribution in [0.5, 0.6) is 0 Å². The van der Waals surface area contributed by atoms with Crippen LogP contribution < -0.4 is 0 Å². The highest BCUT2D eigenvalue weighted by molar-refractivity contribution is 5.98. The minimum absolute atomic E-state index is 0.0512. The van der Waals surface area contributed by atoms with Crippen molar-refractivity contribution in [3.8, 4) is 0 Å². The number of aromatic nitrogens is 2. The summed E-state index contributed by atoms with van der Waals surface area (Å²) in [7, 11) is 1.66. The maximum absolute atomic E-state index is 11.9. The van der Waals surface area contributed by atoms with E-state index in [0.717, 1.165) is 0 Å². The van der Waals surface area contributed by atoms with Gasteiger partial charge in [-0.15, -0.1) is 0 Å². The van der Waals surface area contributed by atoms with Gasteiger partial charge in [-0.25, -0.2) is 0 Å². The Balaban J connectivity index is 2.62. The van der Waals surface area contributed by atoms with E-state index in [4.69, 9.17) is 4.74 Å². The highest BCUT2D eigenvalue weighted by Crippen LogP contribution is 2.10. The molecular formula is C13H20N2O3. The van der Waals surface area contributed by atoms with Crippen LogP contribution in [0.1, 0.15) is 54.6 Å². The molecule has 0 aliphatic heterocycles. The fourth-order valence-electron chi connectivity index (χ4n) is 1.76. The maximum Gasteiger partial charge on any atom is 0.183 e. The summed E-state index contributed by atoms with van der Waals surface area (Å²) in [4.78, 5) is 23.2. The molecule has 0 N–H and O–H groups in total. The summed E-state index contributed by atoms with van der Waals surface area (Å²) >= 11 is 0. The summed E-state index contributed by atoms with van der Waals surface area (Å²) in [5, 5.41) is 4.06. The predicted molar refractivity (Wildman–Crippen MR) is 67.9 cm³/mol. The van der Waals surface area contributed by atoms with Gasteiger partial charge in [0.1, 0.15) is 11.4 Å². The van der Waals surface area contributed by atoms with E-state index in [-0.39, 0.29) is 17.7 Å². The topological polar surface area (TPSA) is 61.2 Å². The van der Waals surface area contributed by atoms with E-state index in [9.17, 15) is 9.59 Å². The third-order valence-electron chi connectivity index (χ3n) is 2.76. The molecule has 0 aromatic carbocycles. The number of ether oxygens (including phenoxy) is 1. The molecule has 0 radical (unpaired) electrons. The summed E-state index contributed by atoms with van der Waals surface area (Å²) in [5.74, 6) is -0.142. The molecule has 1 atom stereocenters. The zero-order chi connectivity index (χ0) is 13.7. The van der Waals surface area contributed by atoms with Gasteiger partial charge in [-0.1, -0.05) is 0 Å². The van der Waals surface area contributed by atoms with E-state index in [1.54, 1.807) is 13.1 Å². The molecule has 5 nitrogen and oxygen atoms in total. The van der Waals surface area contributed by atoms with E-state index in [2.05, 4.69) is 5.10 Å². The third-order valence-corrected chi connectivity index (χ3v) is 2.76. The van der Waals surface area contributed by atoms with Crippen LogP contribution in [-0.4, -0.2) is 34.1 Å². The minimum atomic E-state index is -0.0910. The molecule has 0 spiro atoms. The molecule has 1 rings (SSSR count). The molecule has 1 aromatic heterocycles. The molecule has 0 bridgehead atoms. The fourth-order valence-corrected chi connectivity index (χ4v) is 1.76. The van der Waals surface area contributed by atoms with Crippen LogP contribution in [0.25, 0.3) is 0 Å². The zero-order valence-corrected chi connectivity index (χ0v) is 11.4. The first-order valence-electron chi connectivity index (χ1n) is 6.15. The highest BCUT2D eigenvalue weighted by Gasteiger charge is 2.15. The lowest BCUT2D eigenvalue weighted by atomic mass is 10.1. The van der Waals surface area contributed by atoms with Gasteiger partial charge in [-0.2, -0.15) is 5.10 Å². The first kappa shape index (κ1) is 14.6. The average Bonchev–Trinajstić information content (AvgIpc) is 2.69. The van der Waals surface area contributed by atoms with Crippen molar-refractivity contribution in [2.24, 2.45) is 7.05 Å². The number of nitrogens with zero attached hydrogens (tertiary/aromatic N) is 2. The Bertz CT molecular complexity index is 437. The number of rotatable bonds is 7. The van der Waals surface area contributed by atoms with Crippen LogP contribution in [0.4, 0.5) is 0 Å². The molecule has 0 saturated carbocycles. The van der Waals surface area contributed by atoms with E-state index < -0.39 is 0 Å². The van der Waals surface area contributed by atoms with Crippen molar-refractivity contribution in [1.29, 1.82) is 0 Å². The van der Waals surface area contributed by atoms with Crippen LogP contribution >= 0.6 is 0 Å². The van der Waals surface area contributed by atoms with Crippen LogP contribution in [-0.2, 0) is 11.8 Å². The molecule has 100 valence electrons. The number of hydrogen-bond donors (Lipinski definition) is 0. The van der Waals surface area contributed by atoms with Crippen LogP contribution in [0.15, 0.2) is 6.07 Å². The van der Waals surface area contributed by atoms with Gasteiger partial charge < -0.3 is 4.74 Å². The lowest BCUT2D eigenvalue weighted by Gasteiger charge is -2.09. The number of aryl methyl sites for hydroxylation is 1. The number of hydrogen-bond acceptors (Lipinski definition) is 4. The summed E-state index contributed by atoms with van der Waals surface area (Å²) in [6.07, 6.45) is 1.11. The Morgan fingerprint density at radius 2 is 2.17 bits per heavy atom. The van der Waals surface area contributed by atoms with Crippen molar-refractivity contribution in [2.45, 2.75) is 39.7 Å². The van der Waals surface area contributed by atoms with Gasteiger partial charge in [-0.05, 0) is 26.3 Å². The summed E-state index contributed by atoms with van der Waals surface area (Å²) in [6, 6.07) is 1.55. The second kappa shape index (κ2) is 6.44. The first-order chi connectivity index (χ1) is 8.45. The summed E-state index contributed by atoms with van der Waals surface area (Å²) in [6.45, 7) is 5.97. The van der Waals surface area contributed by atoms with E-state index >= 15 is 0 Å². The normalized spacial score (nSPS) is 12.4. The number of carbonyl (C=O) groups excluding carboxylic acids is 2. The Kier molecular flexibility index (Phi) is 5.22. The predicted octanol–water partition coefficient (Wildman–Crippen LogP) is 2.01. The van der Waals surface area contributed by atoms with Crippen molar-refractivity contribution < 1.29 is 14.3 Å². The molecule has 5 heteroatoms. The molecule has 0 fully saturated rings. The molecule has 18 heavy (non-hydrogen) atoms. The van der Waals surface area contributed by atoms with Crippen molar-refractivity contribution in [3.05, 3.63) is 17.5 Å². The van der Waals surface area contributed by atoms with Crippen LogP contribution in [0.2, 0.25) is 0 Å². The highest BCUT2D eigenvalue weighted by atomic mass is 16.5. The van der Waals surface area contributed by atoms with Gasteiger partial charge in [0.25, 0.3) is 0 Å². The Hall–Kier alpha value is -1.49. The second-order valence-electron chi connectivity index (χ2n) is 4.32. The molecule has 1 unspecified atom stereocenters. The third kappa shape index (κ3) is 3.77. The smallest absolute Gasteiger partial charge is 0.183 e. The van der Waals surface area contributed by atoms with Crippen LogP contribution in [0, 0.1) is 0 Å². The van der Waals surface area contributed by atoms with Crippen LogP contribution in [0.3, 0.4) is 0 Å². The van der Waals surface area contributed by atoms with Gasteiger partial charge in [0.15, 0.2) is 11.6 Å². The molecule has 1 heterocycles. The molecule has 1 aromatic rings. The molecule has 0 amide bonds. The Morgan fingerprint density at radius 1 is 1.50 bits per heavy atom. The lowest BCUT2D eigenvalue weighted by Crippen LogP contribution is -2.11. The summed E-state index contributed by atoms with van der Waals surface area (Å²) in [5.41, 5.74) is 0.808. The number of carbonyl (C=O) groups is 2. The molecular weight excluding hydrogens is 232 g/mol. The first-order valence-corrected chi connectivity index (χ1v) is 6.15. The van der Waals surface area contributed by atoms with Gasteiger partial charge in [-0.3, -0.25) is 14.3 Å². The van der Waals surface area contributed by atoms with Crippen molar-refractivity contribution in [3.63, 3.8) is 0 Å². The molecule has 0 aliphatic rings. The lowest BCUT2D eigenvalue weighted by molar-refractivity contribution is 0.0649. The van der Waals surface area contributed by atoms with E-state index in [1.165, 1.54) is 11.6 Å². The van der Waals surface area contributed by atoms with Gasteiger partial charge >= 0.3 is 0 Å². The Morgan fingerprint density at radius 3 is 2.67 bits per heavy atom. The van der Waals surface area contributed by atoms with E-state index in [0.29, 0.717) is 30.8 Å². The zero-order valence-electron chi connectivity index (χ0n) is 11.4. The monoisotopic (exact) mass is 252 g/mol. The fraction of sp³-hybridized carbons (Fsp3) is 0.615. The van der Waals surface area contributed by atoms with Crippen molar-refractivity contribution >= 4 is 11.6 Å². The van der Waals surface area contributed by atoms with Gasteiger partial charge in [0.05, 0.1) is 6.10 Å². The second-order valence-corrected chi connectivity index (χ2v) is 4.32. The van der Waals surface area contributed by atoms with Gasteiger partial charge in [0, 0.05) is 27.0 Å². The quantitative estimate of drug-likeness (QED) is 0.696. The number of Topliss-reactive ketones (excluding diaryl/α,β-unsaturated/α-hetero) is 2. The van der Waals surface area contributed by atoms with E-state index in [1.807, 2.05) is 13.8 Å². The molecule has 0 aliphatic carbocycles. The minimum Gasteiger partial charge on any atom is -0.379 e. The Labute approximate surface area is 107 Å². The average molecular weight is 252 g/mol. The van der Waals surface area contributed by atoms with Crippen molar-refractivity contribution in [1.82, 2.24) is 9.78 Å². The van der Waals surface area contributed by atoms with Gasteiger partial charge in [0.2, 0.25) is 0 Å². The SMILES string of the molecule is CCOC(C)CCC(=O)c1cc(C(C)=O)n(C)n1. The largest absolute Gasteiger partial charge is 0.379 e. The molecule has 0 saturated heterocycles.